The maximum atomic E-state index is 12.2. The van der Waals surface area contributed by atoms with E-state index >= 15 is 0 Å². The SMILES string of the molecule is CC(C)C(=O)N[C@H]1C[C@@H](n2cnc3c(NCC(c4ccccc4)c4ccccc4)nc(Cl)nc32)[C@H](O)[C@@H]1O. The first-order valence-corrected chi connectivity index (χ1v) is 13.1. The number of imidazole rings is 1. The van der Waals surface area contributed by atoms with Gasteiger partial charge in [-0.15, -0.1) is 0 Å². The van der Waals surface area contributed by atoms with Gasteiger partial charge in [0.15, 0.2) is 17.0 Å². The van der Waals surface area contributed by atoms with E-state index in [2.05, 4.69) is 49.9 Å². The quantitative estimate of drug-likeness (QED) is 0.255. The summed E-state index contributed by atoms with van der Waals surface area (Å²) in [7, 11) is 0. The second-order valence-corrected chi connectivity index (χ2v) is 10.3. The number of hydrogen-bond donors (Lipinski definition) is 4. The number of halogens is 1. The Balaban J connectivity index is 1.42. The van der Waals surface area contributed by atoms with Crippen molar-refractivity contribution >= 4 is 34.5 Å². The van der Waals surface area contributed by atoms with Crippen LogP contribution in [0.3, 0.4) is 0 Å². The van der Waals surface area contributed by atoms with Gasteiger partial charge < -0.3 is 25.4 Å². The van der Waals surface area contributed by atoms with Crippen molar-refractivity contribution in [3.05, 3.63) is 83.4 Å². The highest BCUT2D eigenvalue weighted by molar-refractivity contribution is 6.28. The van der Waals surface area contributed by atoms with Crippen LogP contribution in [0.5, 0.6) is 0 Å². The van der Waals surface area contributed by atoms with Crippen LogP contribution in [0.25, 0.3) is 11.2 Å². The van der Waals surface area contributed by atoms with E-state index < -0.39 is 24.3 Å². The third-order valence-electron chi connectivity index (χ3n) is 7.13. The van der Waals surface area contributed by atoms with Gasteiger partial charge in [-0.25, -0.2) is 4.98 Å². The minimum absolute atomic E-state index is 0.0374. The lowest BCUT2D eigenvalue weighted by Gasteiger charge is -2.20. The lowest BCUT2D eigenvalue weighted by Crippen LogP contribution is -2.44. The van der Waals surface area contributed by atoms with Crippen molar-refractivity contribution in [2.45, 2.75) is 50.5 Å². The van der Waals surface area contributed by atoms with Crippen molar-refractivity contribution in [2.24, 2.45) is 5.92 Å². The van der Waals surface area contributed by atoms with Gasteiger partial charge in [-0.05, 0) is 29.1 Å². The van der Waals surface area contributed by atoms with E-state index in [1.54, 1.807) is 24.7 Å². The Bertz CT molecular complexity index is 1360. The third kappa shape index (κ3) is 5.22. The lowest BCUT2D eigenvalue weighted by atomic mass is 9.91. The number of nitrogens with one attached hydrogen (secondary N) is 2. The Kier molecular flexibility index (Phi) is 7.60. The Morgan fingerprint density at radius 2 is 1.66 bits per heavy atom. The number of benzene rings is 2. The summed E-state index contributed by atoms with van der Waals surface area (Å²) in [5.41, 5.74) is 3.26. The smallest absolute Gasteiger partial charge is 0.226 e. The van der Waals surface area contributed by atoms with E-state index in [0.29, 0.717) is 29.9 Å². The Hall–Kier alpha value is -3.53. The van der Waals surface area contributed by atoms with Crippen LogP contribution in [-0.2, 0) is 4.79 Å². The van der Waals surface area contributed by atoms with Gasteiger partial charge in [0.1, 0.15) is 12.2 Å². The van der Waals surface area contributed by atoms with E-state index in [1.165, 1.54) is 0 Å². The lowest BCUT2D eigenvalue weighted by molar-refractivity contribution is -0.125. The average Bonchev–Trinajstić information content (AvgIpc) is 3.46. The van der Waals surface area contributed by atoms with Gasteiger partial charge in [-0.2, -0.15) is 9.97 Å². The van der Waals surface area contributed by atoms with Crippen LogP contribution < -0.4 is 10.6 Å². The summed E-state index contributed by atoms with van der Waals surface area (Å²) in [6.07, 6.45) is -0.344. The minimum Gasteiger partial charge on any atom is -0.388 e. The van der Waals surface area contributed by atoms with Crippen LogP contribution in [0.2, 0.25) is 5.28 Å². The molecule has 0 spiro atoms. The van der Waals surface area contributed by atoms with Crippen molar-refractivity contribution in [1.82, 2.24) is 24.8 Å². The van der Waals surface area contributed by atoms with Crippen LogP contribution in [0.15, 0.2) is 67.0 Å². The Morgan fingerprint density at radius 3 is 2.26 bits per heavy atom. The number of nitrogens with zero attached hydrogens (tertiary/aromatic N) is 4. The molecule has 10 heteroatoms. The predicted octanol–water partition coefficient (Wildman–Crippen LogP) is 3.53. The highest BCUT2D eigenvalue weighted by Gasteiger charge is 2.44. The summed E-state index contributed by atoms with van der Waals surface area (Å²) in [6, 6.07) is 19.3. The number of hydrogen-bond acceptors (Lipinski definition) is 7. The molecule has 0 aliphatic heterocycles. The molecule has 2 aromatic heterocycles. The van der Waals surface area contributed by atoms with Crippen molar-refractivity contribution in [1.29, 1.82) is 0 Å². The number of anilines is 1. The number of amides is 1. The van der Waals surface area contributed by atoms with E-state index in [9.17, 15) is 15.0 Å². The van der Waals surface area contributed by atoms with Gasteiger partial charge in [0.05, 0.1) is 18.4 Å². The van der Waals surface area contributed by atoms with E-state index in [1.807, 2.05) is 36.4 Å². The van der Waals surface area contributed by atoms with Crippen molar-refractivity contribution in [3.63, 3.8) is 0 Å². The molecule has 4 N–H and O–H groups in total. The first-order chi connectivity index (χ1) is 18.3. The maximum Gasteiger partial charge on any atom is 0.226 e. The van der Waals surface area contributed by atoms with E-state index in [4.69, 9.17) is 11.6 Å². The molecule has 1 aliphatic rings. The Morgan fingerprint density at radius 1 is 1.03 bits per heavy atom. The zero-order valence-electron chi connectivity index (χ0n) is 21.2. The van der Waals surface area contributed by atoms with Crippen LogP contribution in [-0.4, -0.2) is 60.4 Å². The normalized spacial score (nSPS) is 21.3. The highest BCUT2D eigenvalue weighted by atomic mass is 35.5. The Labute approximate surface area is 225 Å². The maximum absolute atomic E-state index is 12.2. The van der Waals surface area contributed by atoms with Gasteiger partial charge in [0, 0.05) is 18.4 Å². The number of carbonyl (C=O) groups excluding carboxylic acids is 1. The number of fused-ring (bicyclic) bond motifs is 1. The second kappa shape index (κ2) is 11.1. The number of rotatable bonds is 8. The third-order valence-corrected chi connectivity index (χ3v) is 7.30. The van der Waals surface area contributed by atoms with Crippen molar-refractivity contribution in [2.75, 3.05) is 11.9 Å². The number of aliphatic hydroxyl groups excluding tert-OH is 2. The van der Waals surface area contributed by atoms with Gasteiger partial charge in [-0.3, -0.25) is 4.79 Å². The monoisotopic (exact) mass is 534 g/mol. The van der Waals surface area contributed by atoms with E-state index in [-0.39, 0.29) is 23.0 Å². The standard InChI is InChI=1S/C28H31ClN6O3/c1-16(2)27(38)32-20-13-21(24(37)23(20)36)35-15-31-22-25(33-28(29)34-26(22)35)30-14-19(17-9-5-3-6-10-17)18-11-7-4-8-12-18/h3-12,15-16,19-21,23-24,36-37H,13-14H2,1-2H3,(H,32,38)(H,30,33,34)/t20-,21+,23+,24-/m0/s1. The summed E-state index contributed by atoms with van der Waals surface area (Å²) < 4.78 is 1.70. The average molecular weight is 535 g/mol. The van der Waals surface area contributed by atoms with Gasteiger partial charge in [0.25, 0.3) is 0 Å². The second-order valence-electron chi connectivity index (χ2n) is 9.97. The molecule has 9 nitrogen and oxygen atoms in total. The van der Waals surface area contributed by atoms with E-state index in [0.717, 1.165) is 11.1 Å². The summed E-state index contributed by atoms with van der Waals surface area (Å²) in [4.78, 5) is 25.5. The first kappa shape index (κ1) is 26.1. The summed E-state index contributed by atoms with van der Waals surface area (Å²) in [5.74, 6) is 0.123. The number of aromatic nitrogens is 4. The topological polar surface area (TPSA) is 125 Å². The van der Waals surface area contributed by atoms with Gasteiger partial charge in [0.2, 0.25) is 11.2 Å². The van der Waals surface area contributed by atoms with Gasteiger partial charge >= 0.3 is 0 Å². The van der Waals surface area contributed by atoms with Crippen LogP contribution in [0, 0.1) is 5.92 Å². The zero-order valence-corrected chi connectivity index (χ0v) is 22.0. The fourth-order valence-corrected chi connectivity index (χ4v) is 5.19. The molecule has 1 fully saturated rings. The van der Waals surface area contributed by atoms with Crippen LogP contribution >= 0.6 is 11.6 Å². The predicted molar refractivity (Wildman–Crippen MR) is 146 cm³/mol. The molecule has 1 amide bonds. The molecule has 0 radical (unpaired) electrons. The molecule has 38 heavy (non-hydrogen) atoms. The molecule has 4 atom stereocenters. The molecule has 198 valence electrons. The van der Waals surface area contributed by atoms with Crippen LogP contribution in [0.4, 0.5) is 5.82 Å². The minimum atomic E-state index is -1.12. The molecule has 2 heterocycles. The molecular weight excluding hydrogens is 504 g/mol. The molecule has 5 rings (SSSR count). The highest BCUT2D eigenvalue weighted by Crippen LogP contribution is 2.35. The molecule has 4 aromatic rings. The summed E-state index contributed by atoms with van der Waals surface area (Å²) >= 11 is 6.33. The molecule has 1 aliphatic carbocycles. The molecular formula is C28H31ClN6O3. The summed E-state index contributed by atoms with van der Waals surface area (Å²) in [5, 5.41) is 27.8. The number of carbonyl (C=O) groups is 1. The van der Waals surface area contributed by atoms with Crippen LogP contribution in [0.1, 0.15) is 43.4 Å². The largest absolute Gasteiger partial charge is 0.388 e. The van der Waals surface area contributed by atoms with Crippen molar-refractivity contribution < 1.29 is 15.0 Å². The fourth-order valence-electron chi connectivity index (χ4n) is 5.03. The molecule has 0 bridgehead atoms. The number of aliphatic hydroxyl groups is 2. The molecule has 2 aromatic carbocycles. The summed E-state index contributed by atoms with van der Waals surface area (Å²) in [6.45, 7) is 4.10. The van der Waals surface area contributed by atoms with Crippen molar-refractivity contribution in [3.8, 4) is 0 Å². The first-order valence-electron chi connectivity index (χ1n) is 12.7. The zero-order chi connectivity index (χ0) is 26.8. The molecule has 0 saturated heterocycles. The van der Waals surface area contributed by atoms with Gasteiger partial charge in [-0.1, -0.05) is 74.5 Å². The molecule has 1 saturated carbocycles. The fraction of sp³-hybridized carbons (Fsp3) is 0.357. The molecule has 0 unspecified atom stereocenters.